The van der Waals surface area contributed by atoms with Gasteiger partial charge in [-0.1, -0.05) is 23.2 Å². The Morgan fingerprint density at radius 3 is 2.63 bits per heavy atom. The molecule has 19 heavy (non-hydrogen) atoms. The smallest absolute Gasteiger partial charge is 0.251 e. The van der Waals surface area contributed by atoms with Crippen molar-refractivity contribution in [1.82, 2.24) is 5.32 Å². The summed E-state index contributed by atoms with van der Waals surface area (Å²) in [4.78, 5) is 12.0. The molecular formula is C13H15Cl2NO3. The molecule has 1 amide bonds. The Bertz CT molecular complexity index is 475. The van der Waals surface area contributed by atoms with Gasteiger partial charge in [0.1, 0.15) is 5.60 Å². The first-order chi connectivity index (χ1) is 8.90. The normalized spacial score (nSPS) is 26.4. The van der Waals surface area contributed by atoms with E-state index in [4.69, 9.17) is 27.9 Å². The number of rotatable bonds is 3. The van der Waals surface area contributed by atoms with Crippen LogP contribution in [0.25, 0.3) is 0 Å². The fourth-order valence-corrected chi connectivity index (χ4v) is 2.55. The lowest BCUT2D eigenvalue weighted by Gasteiger charge is -2.26. The number of carbonyl (C=O) groups is 1. The van der Waals surface area contributed by atoms with E-state index < -0.39 is 5.60 Å². The van der Waals surface area contributed by atoms with Crippen LogP contribution in [0.4, 0.5) is 0 Å². The average Bonchev–Trinajstić information content (AvgIpc) is 2.66. The van der Waals surface area contributed by atoms with Gasteiger partial charge in [-0.05, 0) is 25.1 Å². The highest BCUT2D eigenvalue weighted by Gasteiger charge is 2.39. The summed E-state index contributed by atoms with van der Waals surface area (Å²) in [5, 5.41) is 13.7. The van der Waals surface area contributed by atoms with E-state index >= 15 is 0 Å². The molecule has 1 fully saturated rings. The molecule has 2 atom stereocenters. The second kappa shape index (κ2) is 5.67. The van der Waals surface area contributed by atoms with E-state index in [1.54, 1.807) is 13.0 Å². The molecule has 1 aliphatic rings. The summed E-state index contributed by atoms with van der Waals surface area (Å²) < 4.78 is 5.30. The summed E-state index contributed by atoms with van der Waals surface area (Å²) in [6.45, 7) is 2.42. The van der Waals surface area contributed by atoms with Gasteiger partial charge in [-0.15, -0.1) is 0 Å². The van der Waals surface area contributed by atoms with E-state index in [1.165, 1.54) is 12.1 Å². The van der Waals surface area contributed by atoms with Gasteiger partial charge < -0.3 is 15.2 Å². The molecule has 6 heteroatoms. The number of aliphatic hydroxyl groups is 1. The minimum atomic E-state index is -1.02. The average molecular weight is 304 g/mol. The second-order valence-corrected chi connectivity index (χ2v) is 5.58. The number of hydrogen-bond acceptors (Lipinski definition) is 3. The van der Waals surface area contributed by atoms with Gasteiger partial charge >= 0.3 is 0 Å². The van der Waals surface area contributed by atoms with Crippen molar-refractivity contribution in [3.63, 3.8) is 0 Å². The predicted octanol–water partition coefficient (Wildman–Crippen LogP) is 2.26. The zero-order valence-corrected chi connectivity index (χ0v) is 12.0. The Labute approximate surface area is 121 Å². The monoisotopic (exact) mass is 303 g/mol. The zero-order valence-electron chi connectivity index (χ0n) is 10.5. The van der Waals surface area contributed by atoms with Crippen LogP contribution in [0.2, 0.25) is 10.0 Å². The molecule has 2 rings (SSSR count). The molecule has 1 heterocycles. The Balaban J connectivity index is 2.01. The number of amides is 1. The molecule has 0 radical (unpaired) electrons. The van der Waals surface area contributed by atoms with Gasteiger partial charge in [0, 0.05) is 35.2 Å². The number of benzene rings is 1. The number of nitrogens with one attached hydrogen (secondary N) is 1. The number of carbonyl (C=O) groups excluding carboxylic acids is 1. The summed E-state index contributed by atoms with van der Waals surface area (Å²) in [7, 11) is 0. The Hall–Kier alpha value is -0.810. The first-order valence-corrected chi connectivity index (χ1v) is 6.74. The van der Waals surface area contributed by atoms with Crippen LogP contribution in [0, 0.1) is 0 Å². The number of halogens is 2. The van der Waals surface area contributed by atoms with Crippen molar-refractivity contribution in [1.29, 1.82) is 0 Å². The summed E-state index contributed by atoms with van der Waals surface area (Å²) >= 11 is 11.7. The van der Waals surface area contributed by atoms with E-state index in [0.717, 1.165) is 0 Å². The molecule has 1 saturated heterocycles. The van der Waals surface area contributed by atoms with Crippen LogP contribution in [0.3, 0.4) is 0 Å². The van der Waals surface area contributed by atoms with Crippen LogP contribution in [0.15, 0.2) is 18.2 Å². The lowest BCUT2D eigenvalue weighted by Crippen LogP contribution is -2.47. The molecule has 0 aliphatic carbocycles. The van der Waals surface area contributed by atoms with E-state index in [9.17, 15) is 9.90 Å². The van der Waals surface area contributed by atoms with Crippen molar-refractivity contribution in [2.45, 2.75) is 25.0 Å². The first-order valence-electron chi connectivity index (χ1n) is 5.99. The van der Waals surface area contributed by atoms with E-state index in [-0.39, 0.29) is 18.6 Å². The zero-order chi connectivity index (χ0) is 14.0. The quantitative estimate of drug-likeness (QED) is 0.900. The van der Waals surface area contributed by atoms with E-state index in [0.29, 0.717) is 28.6 Å². The third-order valence-electron chi connectivity index (χ3n) is 3.34. The molecule has 1 aromatic rings. The minimum Gasteiger partial charge on any atom is -0.385 e. The fraction of sp³-hybridized carbons (Fsp3) is 0.462. The maximum Gasteiger partial charge on any atom is 0.251 e. The molecule has 1 aromatic carbocycles. The highest BCUT2D eigenvalue weighted by atomic mass is 35.5. The fourth-order valence-electron chi connectivity index (χ4n) is 2.02. The standard InChI is InChI=1S/C13H15Cl2NO3/c1-8-13(18,2-3-19-8)7-16-12(17)9-4-10(14)6-11(15)5-9/h4-6,8,18H,2-3,7H2,1H3,(H,16,17). The summed E-state index contributed by atoms with van der Waals surface area (Å²) in [5.41, 5.74) is -0.648. The summed E-state index contributed by atoms with van der Waals surface area (Å²) in [6, 6.07) is 4.61. The highest BCUT2D eigenvalue weighted by molar-refractivity contribution is 6.35. The van der Waals surface area contributed by atoms with Crippen LogP contribution in [0.5, 0.6) is 0 Å². The van der Waals surface area contributed by atoms with Gasteiger partial charge in [-0.25, -0.2) is 0 Å². The molecule has 104 valence electrons. The van der Waals surface area contributed by atoms with Crippen LogP contribution >= 0.6 is 23.2 Å². The van der Waals surface area contributed by atoms with Crippen molar-refractivity contribution in [3.8, 4) is 0 Å². The van der Waals surface area contributed by atoms with Crippen LogP contribution < -0.4 is 5.32 Å². The molecular weight excluding hydrogens is 289 g/mol. The maximum atomic E-state index is 12.0. The van der Waals surface area contributed by atoms with Crippen molar-refractivity contribution in [2.24, 2.45) is 0 Å². The maximum absolute atomic E-state index is 12.0. The molecule has 0 saturated carbocycles. The van der Waals surface area contributed by atoms with Crippen molar-refractivity contribution in [2.75, 3.05) is 13.2 Å². The minimum absolute atomic E-state index is 0.136. The highest BCUT2D eigenvalue weighted by Crippen LogP contribution is 2.25. The summed E-state index contributed by atoms with van der Waals surface area (Å²) in [5.74, 6) is -0.322. The van der Waals surface area contributed by atoms with Crippen LogP contribution in [0.1, 0.15) is 23.7 Å². The molecule has 0 bridgehead atoms. The van der Waals surface area contributed by atoms with E-state index in [2.05, 4.69) is 5.32 Å². The van der Waals surface area contributed by atoms with Crippen molar-refractivity contribution >= 4 is 29.1 Å². The molecule has 1 aliphatic heterocycles. The molecule has 0 spiro atoms. The lowest BCUT2D eigenvalue weighted by atomic mass is 9.96. The van der Waals surface area contributed by atoms with Gasteiger partial charge in [0.2, 0.25) is 0 Å². The largest absolute Gasteiger partial charge is 0.385 e. The van der Waals surface area contributed by atoms with Gasteiger partial charge in [0.25, 0.3) is 5.91 Å². The first kappa shape index (κ1) is 14.6. The van der Waals surface area contributed by atoms with Crippen molar-refractivity contribution < 1.29 is 14.6 Å². The van der Waals surface area contributed by atoms with Crippen LogP contribution in [-0.2, 0) is 4.74 Å². The van der Waals surface area contributed by atoms with E-state index in [1.807, 2.05) is 0 Å². The van der Waals surface area contributed by atoms with Gasteiger partial charge in [0.15, 0.2) is 0 Å². The summed E-state index contributed by atoms with van der Waals surface area (Å²) in [6.07, 6.45) is 0.209. The van der Waals surface area contributed by atoms with Gasteiger partial charge in [0.05, 0.1) is 6.10 Å². The number of hydrogen-bond donors (Lipinski definition) is 2. The Morgan fingerprint density at radius 2 is 2.11 bits per heavy atom. The second-order valence-electron chi connectivity index (χ2n) is 4.71. The third-order valence-corrected chi connectivity index (χ3v) is 3.78. The Kier molecular flexibility index (Phi) is 4.36. The third kappa shape index (κ3) is 3.39. The van der Waals surface area contributed by atoms with Crippen molar-refractivity contribution in [3.05, 3.63) is 33.8 Å². The lowest BCUT2D eigenvalue weighted by molar-refractivity contribution is -0.0251. The Morgan fingerprint density at radius 1 is 1.47 bits per heavy atom. The molecule has 2 unspecified atom stereocenters. The van der Waals surface area contributed by atoms with Crippen LogP contribution in [-0.4, -0.2) is 35.9 Å². The molecule has 4 nitrogen and oxygen atoms in total. The topological polar surface area (TPSA) is 58.6 Å². The molecule has 0 aromatic heterocycles. The van der Waals surface area contributed by atoms with Gasteiger partial charge in [-0.3, -0.25) is 4.79 Å². The predicted molar refractivity (Wildman–Crippen MR) is 73.8 cm³/mol. The molecule has 2 N–H and O–H groups in total. The number of ether oxygens (including phenoxy) is 1. The van der Waals surface area contributed by atoms with Gasteiger partial charge in [-0.2, -0.15) is 0 Å². The SMILES string of the molecule is CC1OCCC1(O)CNC(=O)c1cc(Cl)cc(Cl)c1.